The number of fused-ring (bicyclic) bond motifs is 3. The zero-order chi connectivity index (χ0) is 18.3. The molecule has 1 aromatic heterocycles. The van der Waals surface area contributed by atoms with Crippen LogP contribution in [0.1, 0.15) is 37.5 Å². The zero-order valence-corrected chi connectivity index (χ0v) is 16.2. The first kappa shape index (κ1) is 17.0. The average molecular weight is 361 g/mol. The first-order chi connectivity index (χ1) is 12.4. The molecule has 0 amide bonds. The number of rotatable bonds is 2. The molecule has 0 radical (unpaired) electrons. The minimum absolute atomic E-state index is 0.0980. The summed E-state index contributed by atoms with van der Waals surface area (Å²) in [5, 5.41) is 2.86. The normalized spacial score (nSPS) is 12.7. The third kappa shape index (κ3) is 3.06. The summed E-state index contributed by atoms with van der Waals surface area (Å²) in [4.78, 5) is 0. The molecule has 0 aliphatic heterocycles. The first-order valence-corrected chi connectivity index (χ1v) is 10.1. The van der Waals surface area contributed by atoms with Crippen LogP contribution in [0.5, 0.6) is 0 Å². The van der Waals surface area contributed by atoms with Crippen LogP contribution in [-0.4, -0.2) is 0 Å². The molecule has 0 bridgehead atoms. The van der Waals surface area contributed by atoms with E-state index >= 15 is 0 Å². The molecular weight excluding hydrogens is 339 g/mol. The minimum Gasteiger partial charge on any atom is -0.249 e. The third-order valence-electron chi connectivity index (χ3n) is 4.77. The Labute approximate surface area is 154 Å². The molecule has 1 atom stereocenters. The van der Waals surface area contributed by atoms with Gasteiger partial charge >= 0.3 is 7.65 Å². The molecule has 3 aromatic carbocycles. The number of hydrogen-bond acceptors (Lipinski definition) is 2. The number of benzene rings is 3. The fourth-order valence-electron chi connectivity index (χ4n) is 3.47. The van der Waals surface area contributed by atoms with E-state index in [4.69, 9.17) is 4.20 Å². The maximum absolute atomic E-state index is 12.6. The molecule has 4 rings (SSSR count). The van der Waals surface area contributed by atoms with E-state index in [-0.39, 0.29) is 5.41 Å². The van der Waals surface area contributed by atoms with Gasteiger partial charge in [-0.25, -0.2) is 4.20 Å². The SMILES string of the molecule is CC(C)(C)c1cc(Cc2ccccc2)cc2c1o[p+](=O)c1ccccc21. The molecule has 0 saturated heterocycles. The smallest absolute Gasteiger partial charge is 0.249 e. The fraction of sp³-hybridized carbons (Fsp3) is 0.217. The van der Waals surface area contributed by atoms with Gasteiger partial charge in [0.15, 0.2) is 5.58 Å². The molecule has 0 fully saturated rings. The van der Waals surface area contributed by atoms with Gasteiger partial charge in [0, 0.05) is 16.3 Å². The Morgan fingerprint density at radius 2 is 1.54 bits per heavy atom. The molecule has 2 nitrogen and oxygen atoms in total. The van der Waals surface area contributed by atoms with E-state index in [1.165, 1.54) is 11.1 Å². The van der Waals surface area contributed by atoms with Crippen LogP contribution in [0.4, 0.5) is 0 Å². The van der Waals surface area contributed by atoms with Crippen LogP contribution in [0, 0.1) is 0 Å². The van der Waals surface area contributed by atoms with Gasteiger partial charge in [-0.3, -0.25) is 0 Å². The van der Waals surface area contributed by atoms with Crippen molar-refractivity contribution in [2.24, 2.45) is 0 Å². The third-order valence-corrected chi connectivity index (χ3v) is 5.90. The second-order valence-electron chi connectivity index (χ2n) is 7.80. The van der Waals surface area contributed by atoms with Crippen molar-refractivity contribution in [3.05, 3.63) is 83.4 Å². The lowest BCUT2D eigenvalue weighted by Gasteiger charge is -2.20. The van der Waals surface area contributed by atoms with Crippen LogP contribution >= 0.6 is 7.65 Å². The molecule has 0 spiro atoms. The summed E-state index contributed by atoms with van der Waals surface area (Å²) in [6.07, 6.45) is 0.867. The Morgan fingerprint density at radius 1 is 0.846 bits per heavy atom. The van der Waals surface area contributed by atoms with Crippen molar-refractivity contribution in [3.63, 3.8) is 0 Å². The van der Waals surface area contributed by atoms with E-state index in [9.17, 15) is 4.57 Å². The second-order valence-corrected chi connectivity index (χ2v) is 8.98. The van der Waals surface area contributed by atoms with Gasteiger partial charge in [0.05, 0.1) is 0 Å². The van der Waals surface area contributed by atoms with Gasteiger partial charge in [-0.1, -0.05) is 69.3 Å². The van der Waals surface area contributed by atoms with Gasteiger partial charge in [0.1, 0.15) is 0 Å². The van der Waals surface area contributed by atoms with Crippen molar-refractivity contribution in [3.8, 4) is 0 Å². The maximum atomic E-state index is 12.6. The van der Waals surface area contributed by atoms with Crippen molar-refractivity contribution in [2.45, 2.75) is 32.6 Å². The highest BCUT2D eigenvalue weighted by molar-refractivity contribution is 7.37. The summed E-state index contributed by atoms with van der Waals surface area (Å²) >= 11 is 0. The Morgan fingerprint density at radius 3 is 2.27 bits per heavy atom. The van der Waals surface area contributed by atoms with E-state index in [1.807, 2.05) is 30.3 Å². The molecule has 0 aliphatic carbocycles. The minimum atomic E-state index is -1.87. The van der Waals surface area contributed by atoms with E-state index in [2.05, 4.69) is 57.2 Å². The zero-order valence-electron chi connectivity index (χ0n) is 15.3. The van der Waals surface area contributed by atoms with Gasteiger partial charge < -0.3 is 0 Å². The van der Waals surface area contributed by atoms with Gasteiger partial charge in [0.25, 0.3) is 0 Å². The van der Waals surface area contributed by atoms with Gasteiger partial charge in [-0.2, -0.15) is 0 Å². The van der Waals surface area contributed by atoms with Gasteiger partial charge in [-0.05, 0) is 45.7 Å². The maximum Gasteiger partial charge on any atom is 0.597 e. The van der Waals surface area contributed by atoms with Crippen LogP contribution in [0.3, 0.4) is 0 Å². The highest BCUT2D eigenvalue weighted by Crippen LogP contribution is 2.40. The number of hydrogen-bond donors (Lipinski definition) is 0. The summed E-state index contributed by atoms with van der Waals surface area (Å²) in [7, 11) is -1.87. The molecule has 4 aromatic rings. The average Bonchev–Trinajstić information content (AvgIpc) is 2.62. The summed E-state index contributed by atoms with van der Waals surface area (Å²) in [5.74, 6) is 0. The monoisotopic (exact) mass is 361 g/mol. The summed E-state index contributed by atoms with van der Waals surface area (Å²) in [6, 6.07) is 22.7. The van der Waals surface area contributed by atoms with Crippen LogP contribution in [0.25, 0.3) is 21.5 Å². The molecule has 130 valence electrons. The van der Waals surface area contributed by atoms with E-state index < -0.39 is 7.65 Å². The fourth-order valence-corrected chi connectivity index (χ4v) is 4.53. The molecule has 1 unspecified atom stereocenters. The van der Waals surface area contributed by atoms with Gasteiger partial charge in [0.2, 0.25) is 5.12 Å². The molecule has 0 aliphatic rings. The predicted molar refractivity (Wildman–Crippen MR) is 109 cm³/mol. The lowest BCUT2D eigenvalue weighted by Crippen LogP contribution is -2.12. The Kier molecular flexibility index (Phi) is 4.17. The molecule has 3 heteroatoms. The standard InChI is InChI=1S/C23H22O2P/c1-23(2,3)20-15-17(13-16-9-5-4-6-10-16)14-19-18-11-7-8-12-21(18)26(24)25-22(19)20/h4-12,14-15H,13H2,1-3H3/q+1. The van der Waals surface area contributed by atoms with E-state index in [0.717, 1.165) is 33.5 Å². The van der Waals surface area contributed by atoms with Crippen LogP contribution in [0.2, 0.25) is 0 Å². The van der Waals surface area contributed by atoms with Crippen molar-refractivity contribution < 1.29 is 8.76 Å². The van der Waals surface area contributed by atoms with Crippen molar-refractivity contribution >= 4 is 29.1 Å². The molecule has 1 heterocycles. The molecular formula is C23H22O2P+. The Balaban J connectivity index is 2.05. The van der Waals surface area contributed by atoms with E-state index in [0.29, 0.717) is 0 Å². The van der Waals surface area contributed by atoms with Crippen molar-refractivity contribution in [1.82, 2.24) is 0 Å². The van der Waals surface area contributed by atoms with Crippen LogP contribution < -0.4 is 0 Å². The Bertz CT molecular complexity index is 1150. The molecule has 0 saturated carbocycles. The van der Waals surface area contributed by atoms with Crippen molar-refractivity contribution in [2.75, 3.05) is 0 Å². The summed E-state index contributed by atoms with van der Waals surface area (Å²) in [5.41, 5.74) is 4.31. The quantitative estimate of drug-likeness (QED) is 0.353. The predicted octanol–water partition coefficient (Wildman–Crippen LogP) is 7.22. The largest absolute Gasteiger partial charge is 0.597 e. The van der Waals surface area contributed by atoms with E-state index in [1.54, 1.807) is 0 Å². The second kappa shape index (κ2) is 6.37. The van der Waals surface area contributed by atoms with Crippen LogP contribution in [0.15, 0.2) is 70.9 Å². The highest BCUT2D eigenvalue weighted by atomic mass is 31.1. The highest BCUT2D eigenvalue weighted by Gasteiger charge is 2.25. The van der Waals surface area contributed by atoms with Crippen LogP contribution in [-0.2, 0) is 16.4 Å². The summed E-state index contributed by atoms with van der Waals surface area (Å²) in [6.45, 7) is 6.52. The Hall–Kier alpha value is -2.44. The van der Waals surface area contributed by atoms with Crippen molar-refractivity contribution in [1.29, 1.82) is 0 Å². The van der Waals surface area contributed by atoms with Gasteiger partial charge in [-0.15, -0.1) is 0 Å². The lowest BCUT2D eigenvalue weighted by molar-refractivity contribution is 0.552. The first-order valence-electron chi connectivity index (χ1n) is 8.89. The topological polar surface area (TPSA) is 30.2 Å². The molecule has 26 heavy (non-hydrogen) atoms. The lowest BCUT2D eigenvalue weighted by atomic mass is 9.84. The molecule has 0 N–H and O–H groups in total. The summed E-state index contributed by atoms with van der Waals surface area (Å²) < 4.78 is 18.6.